The van der Waals surface area contributed by atoms with E-state index in [1.807, 2.05) is 23.1 Å². The number of nitrogens with zero attached hydrogens (tertiary/aromatic N) is 1. The van der Waals surface area contributed by atoms with Gasteiger partial charge in [-0.15, -0.1) is 12.4 Å². The summed E-state index contributed by atoms with van der Waals surface area (Å²) in [6, 6.07) is 10.2. The molecule has 3 nitrogen and oxygen atoms in total. The van der Waals surface area contributed by atoms with Gasteiger partial charge in [-0.2, -0.15) is 0 Å². The molecule has 0 saturated carbocycles. The van der Waals surface area contributed by atoms with Gasteiger partial charge >= 0.3 is 0 Å². The summed E-state index contributed by atoms with van der Waals surface area (Å²) in [7, 11) is 0. The fourth-order valence-corrected chi connectivity index (χ4v) is 2.47. The largest absolute Gasteiger partial charge is 0.338 e. The molecular weight excluding hydrogens is 260 g/mol. The van der Waals surface area contributed by atoms with Crippen molar-refractivity contribution in [2.24, 2.45) is 5.92 Å². The highest BCUT2D eigenvalue weighted by molar-refractivity contribution is 5.85. The lowest BCUT2D eigenvalue weighted by Crippen LogP contribution is -2.42. The van der Waals surface area contributed by atoms with Crippen LogP contribution in [0.2, 0.25) is 0 Å². The molecule has 0 spiro atoms. The Hall–Kier alpha value is -1.06. The number of hydrogen-bond donors (Lipinski definition) is 1. The standard InChI is InChI=1S/C15H22N2O.ClH/c1-2-17(12-13-7-4-3-5-8-13)15(18)14-9-6-10-16-11-14;/h3-5,7-8,14,16H,2,6,9-12H2,1H3;1H. The van der Waals surface area contributed by atoms with E-state index in [1.165, 1.54) is 5.56 Å². The molecule has 1 fully saturated rings. The number of rotatable bonds is 4. The van der Waals surface area contributed by atoms with Gasteiger partial charge in [-0.3, -0.25) is 4.79 Å². The lowest BCUT2D eigenvalue weighted by Gasteiger charge is -2.29. The number of halogens is 1. The van der Waals surface area contributed by atoms with Crippen LogP contribution < -0.4 is 5.32 Å². The maximum absolute atomic E-state index is 12.4. The normalized spacial score (nSPS) is 18.5. The maximum Gasteiger partial charge on any atom is 0.227 e. The Kier molecular flexibility index (Phi) is 6.89. The molecule has 2 rings (SSSR count). The van der Waals surface area contributed by atoms with E-state index in [1.54, 1.807) is 0 Å². The molecule has 0 aromatic heterocycles. The molecule has 0 aliphatic carbocycles. The van der Waals surface area contributed by atoms with Gasteiger partial charge in [0.05, 0.1) is 5.92 Å². The van der Waals surface area contributed by atoms with Gasteiger partial charge in [0.15, 0.2) is 0 Å². The number of amides is 1. The molecule has 1 aliphatic heterocycles. The highest BCUT2D eigenvalue weighted by Gasteiger charge is 2.24. The van der Waals surface area contributed by atoms with E-state index in [0.717, 1.165) is 39.0 Å². The fraction of sp³-hybridized carbons (Fsp3) is 0.533. The first-order valence-electron chi connectivity index (χ1n) is 6.84. The average Bonchev–Trinajstić information content (AvgIpc) is 2.46. The third kappa shape index (κ3) is 4.51. The number of carbonyl (C=O) groups excluding carboxylic acids is 1. The summed E-state index contributed by atoms with van der Waals surface area (Å²) in [4.78, 5) is 14.4. The molecule has 0 bridgehead atoms. The molecule has 106 valence electrons. The van der Waals surface area contributed by atoms with Crippen molar-refractivity contribution in [3.63, 3.8) is 0 Å². The van der Waals surface area contributed by atoms with Crippen LogP contribution in [0.5, 0.6) is 0 Å². The van der Waals surface area contributed by atoms with Gasteiger partial charge in [0.2, 0.25) is 5.91 Å². The predicted octanol–water partition coefficient (Wildman–Crippen LogP) is 2.46. The van der Waals surface area contributed by atoms with Crippen LogP contribution in [0.3, 0.4) is 0 Å². The van der Waals surface area contributed by atoms with Crippen molar-refractivity contribution < 1.29 is 4.79 Å². The number of hydrogen-bond acceptors (Lipinski definition) is 2. The molecule has 1 aromatic rings. The lowest BCUT2D eigenvalue weighted by atomic mass is 9.98. The molecular formula is C15H23ClN2O. The third-order valence-corrected chi connectivity index (χ3v) is 3.56. The van der Waals surface area contributed by atoms with Crippen molar-refractivity contribution in [1.29, 1.82) is 0 Å². The second kappa shape index (κ2) is 8.18. The van der Waals surface area contributed by atoms with Crippen molar-refractivity contribution >= 4 is 18.3 Å². The van der Waals surface area contributed by atoms with E-state index in [0.29, 0.717) is 5.91 Å². The second-order valence-electron chi connectivity index (χ2n) is 4.88. The van der Waals surface area contributed by atoms with Crippen molar-refractivity contribution in [2.75, 3.05) is 19.6 Å². The van der Waals surface area contributed by atoms with E-state index < -0.39 is 0 Å². The van der Waals surface area contributed by atoms with E-state index >= 15 is 0 Å². The molecule has 1 unspecified atom stereocenters. The third-order valence-electron chi connectivity index (χ3n) is 3.56. The zero-order valence-electron chi connectivity index (χ0n) is 11.5. The number of benzene rings is 1. The Bertz CT molecular complexity index is 377. The van der Waals surface area contributed by atoms with Crippen LogP contribution in [0.1, 0.15) is 25.3 Å². The van der Waals surface area contributed by atoms with Crippen LogP contribution in [0.25, 0.3) is 0 Å². The molecule has 0 radical (unpaired) electrons. The van der Waals surface area contributed by atoms with E-state index in [2.05, 4.69) is 24.4 Å². The molecule has 1 heterocycles. The smallest absolute Gasteiger partial charge is 0.227 e. The Balaban J connectivity index is 0.00000180. The van der Waals surface area contributed by atoms with E-state index in [-0.39, 0.29) is 18.3 Å². The lowest BCUT2D eigenvalue weighted by molar-refractivity contribution is -0.136. The highest BCUT2D eigenvalue weighted by atomic mass is 35.5. The summed E-state index contributed by atoms with van der Waals surface area (Å²) in [5, 5.41) is 3.31. The summed E-state index contributed by atoms with van der Waals surface area (Å²) in [5.74, 6) is 0.468. The van der Waals surface area contributed by atoms with E-state index in [4.69, 9.17) is 0 Å². The van der Waals surface area contributed by atoms with Crippen LogP contribution in [0.15, 0.2) is 30.3 Å². The number of nitrogens with one attached hydrogen (secondary N) is 1. The summed E-state index contributed by atoms with van der Waals surface area (Å²) in [6.45, 7) is 5.45. The van der Waals surface area contributed by atoms with Gasteiger partial charge in [-0.05, 0) is 31.9 Å². The summed E-state index contributed by atoms with van der Waals surface area (Å²) < 4.78 is 0. The van der Waals surface area contributed by atoms with Gasteiger partial charge in [0.1, 0.15) is 0 Å². The molecule has 1 amide bonds. The first-order valence-corrected chi connectivity index (χ1v) is 6.84. The first-order chi connectivity index (χ1) is 8.81. The average molecular weight is 283 g/mol. The Morgan fingerprint density at radius 1 is 1.37 bits per heavy atom. The minimum absolute atomic E-state index is 0. The fourth-order valence-electron chi connectivity index (χ4n) is 2.47. The topological polar surface area (TPSA) is 32.3 Å². The Morgan fingerprint density at radius 2 is 2.11 bits per heavy atom. The first kappa shape index (κ1) is 16.0. The van der Waals surface area contributed by atoms with Gasteiger partial charge < -0.3 is 10.2 Å². The molecule has 4 heteroatoms. The van der Waals surface area contributed by atoms with Crippen molar-refractivity contribution in [3.05, 3.63) is 35.9 Å². The van der Waals surface area contributed by atoms with Crippen LogP contribution >= 0.6 is 12.4 Å². The molecule has 1 saturated heterocycles. The molecule has 1 aromatic carbocycles. The number of piperidine rings is 1. The molecule has 1 N–H and O–H groups in total. The van der Waals surface area contributed by atoms with Crippen LogP contribution in [0, 0.1) is 5.92 Å². The highest BCUT2D eigenvalue weighted by Crippen LogP contribution is 2.15. The zero-order chi connectivity index (χ0) is 12.8. The summed E-state index contributed by atoms with van der Waals surface area (Å²) in [5.41, 5.74) is 1.21. The quantitative estimate of drug-likeness (QED) is 0.920. The second-order valence-corrected chi connectivity index (χ2v) is 4.88. The number of carbonyl (C=O) groups is 1. The van der Waals surface area contributed by atoms with Crippen LogP contribution in [-0.2, 0) is 11.3 Å². The zero-order valence-corrected chi connectivity index (χ0v) is 12.3. The SMILES string of the molecule is CCN(Cc1ccccc1)C(=O)C1CCCNC1.Cl. The van der Waals surface area contributed by atoms with Gasteiger partial charge in [-0.1, -0.05) is 30.3 Å². The Labute approximate surface area is 121 Å². The van der Waals surface area contributed by atoms with Gasteiger partial charge in [0, 0.05) is 19.6 Å². The van der Waals surface area contributed by atoms with Gasteiger partial charge in [-0.25, -0.2) is 0 Å². The molecule has 1 atom stereocenters. The van der Waals surface area contributed by atoms with Crippen LogP contribution in [-0.4, -0.2) is 30.4 Å². The molecule has 1 aliphatic rings. The predicted molar refractivity (Wildman–Crippen MR) is 80.4 cm³/mol. The minimum Gasteiger partial charge on any atom is -0.338 e. The summed E-state index contributed by atoms with van der Waals surface area (Å²) in [6.07, 6.45) is 2.14. The van der Waals surface area contributed by atoms with Crippen molar-refractivity contribution in [3.8, 4) is 0 Å². The van der Waals surface area contributed by atoms with Crippen molar-refractivity contribution in [2.45, 2.75) is 26.3 Å². The minimum atomic E-state index is 0. The summed E-state index contributed by atoms with van der Waals surface area (Å²) >= 11 is 0. The monoisotopic (exact) mass is 282 g/mol. The van der Waals surface area contributed by atoms with Crippen molar-refractivity contribution in [1.82, 2.24) is 10.2 Å². The molecule has 19 heavy (non-hydrogen) atoms. The van der Waals surface area contributed by atoms with E-state index in [9.17, 15) is 4.79 Å². The van der Waals surface area contributed by atoms with Crippen LogP contribution in [0.4, 0.5) is 0 Å². The van der Waals surface area contributed by atoms with Gasteiger partial charge in [0.25, 0.3) is 0 Å². The maximum atomic E-state index is 12.4. The Morgan fingerprint density at radius 3 is 2.68 bits per heavy atom.